The van der Waals surface area contributed by atoms with Crippen LogP contribution in [0.3, 0.4) is 0 Å². The number of rotatable bonds is 2. The number of amides is 1. The van der Waals surface area contributed by atoms with Gasteiger partial charge in [0, 0.05) is 16.2 Å². The summed E-state index contributed by atoms with van der Waals surface area (Å²) in [5, 5.41) is 10.2. The SMILES string of the molecule is [2H]C1(O)c2ncccc2C(=O)N1Cc1c(F)cc(Br)cc1F. The molecular weight excluding hydrogens is 346 g/mol. The largest absolute Gasteiger partial charge is 0.368 e. The second kappa shape index (κ2) is 5.16. The molecular formula is C14H9BrF2N2O2. The fourth-order valence-electron chi connectivity index (χ4n) is 2.15. The Morgan fingerprint density at radius 3 is 2.71 bits per heavy atom. The van der Waals surface area contributed by atoms with E-state index >= 15 is 0 Å². The quantitative estimate of drug-likeness (QED) is 0.901. The molecule has 0 saturated carbocycles. The molecule has 0 bridgehead atoms. The fourth-order valence-corrected chi connectivity index (χ4v) is 2.56. The summed E-state index contributed by atoms with van der Waals surface area (Å²) < 4.78 is 36.0. The summed E-state index contributed by atoms with van der Waals surface area (Å²) >= 11 is 2.96. The molecule has 2 heterocycles. The van der Waals surface area contributed by atoms with E-state index in [1.807, 2.05) is 0 Å². The average Bonchev–Trinajstić information content (AvgIpc) is 2.63. The summed E-state index contributed by atoms with van der Waals surface area (Å²) in [7, 11) is 0. The van der Waals surface area contributed by atoms with Crippen molar-refractivity contribution in [3.8, 4) is 0 Å². The van der Waals surface area contributed by atoms with Crippen molar-refractivity contribution in [2.24, 2.45) is 0 Å². The number of halogens is 3. The van der Waals surface area contributed by atoms with Gasteiger partial charge in [0.25, 0.3) is 5.91 Å². The van der Waals surface area contributed by atoms with E-state index in [1.54, 1.807) is 0 Å². The van der Waals surface area contributed by atoms with Crippen LogP contribution in [0.4, 0.5) is 8.78 Å². The van der Waals surface area contributed by atoms with Crippen LogP contribution in [0.1, 0.15) is 29.2 Å². The number of benzene rings is 1. The number of carbonyl (C=O) groups excluding carboxylic acids is 1. The molecule has 0 radical (unpaired) electrons. The summed E-state index contributed by atoms with van der Waals surface area (Å²) in [5.41, 5.74) is -0.522. The third kappa shape index (κ3) is 2.32. The van der Waals surface area contributed by atoms with Gasteiger partial charge in [-0.1, -0.05) is 15.9 Å². The topological polar surface area (TPSA) is 53.4 Å². The van der Waals surface area contributed by atoms with E-state index < -0.39 is 35.9 Å². The average molecular weight is 356 g/mol. The molecule has 1 aliphatic rings. The number of carbonyl (C=O) groups is 1. The predicted octanol–water partition coefficient (Wildman–Crippen LogP) is 2.77. The van der Waals surface area contributed by atoms with Gasteiger partial charge in [-0.2, -0.15) is 0 Å². The molecule has 1 amide bonds. The monoisotopic (exact) mass is 355 g/mol. The maximum absolute atomic E-state index is 13.9. The number of aromatic nitrogens is 1. The van der Waals surface area contributed by atoms with Gasteiger partial charge in [-0.25, -0.2) is 8.78 Å². The molecule has 0 fully saturated rings. The smallest absolute Gasteiger partial charge is 0.258 e. The summed E-state index contributed by atoms with van der Waals surface area (Å²) in [6.45, 7) is -0.583. The van der Waals surface area contributed by atoms with Gasteiger partial charge >= 0.3 is 0 Å². The fraction of sp³-hybridized carbons (Fsp3) is 0.143. The van der Waals surface area contributed by atoms with Gasteiger partial charge in [0.05, 0.1) is 13.5 Å². The van der Waals surface area contributed by atoms with Crippen LogP contribution in [0, 0.1) is 11.6 Å². The lowest BCUT2D eigenvalue weighted by molar-refractivity contribution is 0.0111. The molecule has 0 spiro atoms. The van der Waals surface area contributed by atoms with Crippen LogP contribution >= 0.6 is 15.9 Å². The van der Waals surface area contributed by atoms with Crippen LogP contribution in [-0.4, -0.2) is 20.9 Å². The van der Waals surface area contributed by atoms with Gasteiger partial charge in [0.2, 0.25) is 0 Å². The second-order valence-electron chi connectivity index (χ2n) is 4.46. The van der Waals surface area contributed by atoms with Crippen molar-refractivity contribution < 1.29 is 20.1 Å². The zero-order chi connectivity index (χ0) is 16.1. The molecule has 1 unspecified atom stereocenters. The third-order valence-electron chi connectivity index (χ3n) is 3.17. The van der Waals surface area contributed by atoms with Crippen molar-refractivity contribution in [1.82, 2.24) is 9.88 Å². The van der Waals surface area contributed by atoms with Gasteiger partial charge in [-0.3, -0.25) is 9.78 Å². The van der Waals surface area contributed by atoms with Gasteiger partial charge in [0.15, 0.2) is 6.20 Å². The minimum atomic E-state index is -2.47. The third-order valence-corrected chi connectivity index (χ3v) is 3.63. The molecule has 4 nitrogen and oxygen atoms in total. The van der Waals surface area contributed by atoms with Gasteiger partial charge in [-0.05, 0) is 24.3 Å². The van der Waals surface area contributed by atoms with E-state index in [4.69, 9.17) is 1.37 Å². The molecule has 1 aromatic carbocycles. The van der Waals surface area contributed by atoms with E-state index in [-0.39, 0.29) is 15.7 Å². The minimum absolute atomic E-state index is 0.0397. The second-order valence-corrected chi connectivity index (χ2v) is 5.38. The summed E-state index contributed by atoms with van der Waals surface area (Å²) in [4.78, 5) is 16.7. The molecule has 3 rings (SSSR count). The molecule has 2 aromatic rings. The Kier molecular flexibility index (Phi) is 3.16. The summed E-state index contributed by atoms with van der Waals surface area (Å²) in [6.07, 6.45) is -1.14. The molecule has 108 valence electrons. The summed E-state index contributed by atoms with van der Waals surface area (Å²) in [5.74, 6) is -2.46. The van der Waals surface area contributed by atoms with E-state index in [0.29, 0.717) is 4.90 Å². The van der Waals surface area contributed by atoms with Crippen LogP contribution in [-0.2, 0) is 6.54 Å². The van der Waals surface area contributed by atoms with E-state index in [2.05, 4.69) is 20.9 Å². The Morgan fingerprint density at radius 2 is 2.10 bits per heavy atom. The van der Waals surface area contributed by atoms with Crippen molar-refractivity contribution in [3.05, 3.63) is 63.4 Å². The van der Waals surface area contributed by atoms with Crippen LogP contribution in [0.2, 0.25) is 0 Å². The number of hydrogen-bond donors (Lipinski definition) is 1. The van der Waals surface area contributed by atoms with Crippen molar-refractivity contribution in [3.63, 3.8) is 0 Å². The normalized spacial score (nSPS) is 21.4. The van der Waals surface area contributed by atoms with Crippen LogP contribution in [0.25, 0.3) is 0 Å². The highest BCUT2D eigenvalue weighted by atomic mass is 79.9. The highest BCUT2D eigenvalue weighted by molar-refractivity contribution is 9.10. The molecule has 7 heteroatoms. The highest BCUT2D eigenvalue weighted by Gasteiger charge is 2.37. The Bertz CT molecular complexity index is 762. The minimum Gasteiger partial charge on any atom is -0.368 e. The number of fused-ring (bicyclic) bond motifs is 1. The van der Waals surface area contributed by atoms with E-state index in [9.17, 15) is 18.7 Å². The molecule has 1 N–H and O–H groups in total. The van der Waals surface area contributed by atoms with Crippen LogP contribution in [0.5, 0.6) is 0 Å². The maximum atomic E-state index is 13.9. The van der Waals surface area contributed by atoms with E-state index in [1.165, 1.54) is 18.3 Å². The first-order chi connectivity index (χ1) is 10.3. The first-order valence-electron chi connectivity index (χ1n) is 6.45. The van der Waals surface area contributed by atoms with Crippen molar-refractivity contribution in [2.75, 3.05) is 0 Å². The molecule has 0 saturated heterocycles. The lowest BCUT2D eigenvalue weighted by Gasteiger charge is -2.21. The maximum Gasteiger partial charge on any atom is 0.258 e. The standard InChI is InChI=1S/C14H9BrF2N2O2/c15-7-4-10(16)9(11(17)5-7)6-19-13(20)8-2-1-3-18-12(8)14(19)21/h1-5,14,21H,6H2/i14D. The van der Waals surface area contributed by atoms with Crippen molar-refractivity contribution in [1.29, 1.82) is 0 Å². The first kappa shape index (κ1) is 12.8. The molecule has 0 aliphatic carbocycles. The molecule has 1 aromatic heterocycles. The highest BCUT2D eigenvalue weighted by Crippen LogP contribution is 2.32. The molecule has 21 heavy (non-hydrogen) atoms. The molecule has 1 aliphatic heterocycles. The molecule has 1 atom stereocenters. The van der Waals surface area contributed by atoms with Crippen LogP contribution in [0.15, 0.2) is 34.9 Å². The lowest BCUT2D eigenvalue weighted by atomic mass is 10.2. The van der Waals surface area contributed by atoms with E-state index in [0.717, 1.165) is 12.1 Å². The lowest BCUT2D eigenvalue weighted by Crippen LogP contribution is -2.28. The predicted molar refractivity (Wildman–Crippen MR) is 73.1 cm³/mol. The Labute approximate surface area is 128 Å². The van der Waals surface area contributed by atoms with Gasteiger partial charge < -0.3 is 10.0 Å². The van der Waals surface area contributed by atoms with Crippen molar-refractivity contribution >= 4 is 21.8 Å². The first-order valence-corrected chi connectivity index (χ1v) is 6.75. The zero-order valence-electron chi connectivity index (χ0n) is 11.5. The number of nitrogens with zero attached hydrogens (tertiary/aromatic N) is 2. The number of hydrogen-bond acceptors (Lipinski definition) is 3. The van der Waals surface area contributed by atoms with Crippen LogP contribution < -0.4 is 0 Å². The Balaban J connectivity index is 2.03. The Morgan fingerprint density at radius 1 is 1.43 bits per heavy atom. The van der Waals surface area contributed by atoms with Crippen molar-refractivity contribution in [2.45, 2.75) is 12.7 Å². The van der Waals surface area contributed by atoms with Gasteiger partial charge in [0.1, 0.15) is 17.3 Å². The Hall–Kier alpha value is -1.86. The number of aliphatic hydroxyl groups is 1. The summed E-state index contributed by atoms with van der Waals surface area (Å²) in [6, 6.07) is 4.98. The zero-order valence-corrected chi connectivity index (χ0v) is 12.1. The van der Waals surface area contributed by atoms with Gasteiger partial charge in [-0.15, -0.1) is 0 Å². The number of pyridine rings is 1.